The molecule has 0 bridgehead atoms. The van der Waals surface area contributed by atoms with Crippen LogP contribution in [0.5, 0.6) is 0 Å². The lowest BCUT2D eigenvalue weighted by atomic mass is 9.89. The summed E-state index contributed by atoms with van der Waals surface area (Å²) in [6.45, 7) is 5.24. The molecule has 2 rings (SSSR count). The van der Waals surface area contributed by atoms with E-state index in [4.69, 9.17) is 0 Å². The second kappa shape index (κ2) is 8.02. The maximum absolute atomic E-state index is 12.7. The molecular formula is C17H32N2O. The summed E-state index contributed by atoms with van der Waals surface area (Å²) in [5.74, 6) is 2.32. The van der Waals surface area contributed by atoms with Crippen molar-refractivity contribution >= 4 is 5.91 Å². The van der Waals surface area contributed by atoms with Crippen LogP contribution < -0.4 is 5.32 Å². The van der Waals surface area contributed by atoms with Gasteiger partial charge in [-0.25, -0.2) is 0 Å². The second-order valence-corrected chi connectivity index (χ2v) is 6.82. The molecule has 2 aliphatic rings. The van der Waals surface area contributed by atoms with Gasteiger partial charge in [-0.2, -0.15) is 0 Å². The van der Waals surface area contributed by atoms with Crippen LogP contribution in [0.25, 0.3) is 0 Å². The van der Waals surface area contributed by atoms with Crippen molar-refractivity contribution in [2.45, 2.75) is 58.3 Å². The Labute approximate surface area is 124 Å². The molecule has 1 saturated carbocycles. The van der Waals surface area contributed by atoms with Crippen molar-refractivity contribution in [2.24, 2.45) is 17.8 Å². The third kappa shape index (κ3) is 4.21. The van der Waals surface area contributed by atoms with Gasteiger partial charge in [-0.05, 0) is 51.1 Å². The monoisotopic (exact) mass is 280 g/mol. The zero-order valence-electron chi connectivity index (χ0n) is 13.4. The Morgan fingerprint density at radius 1 is 1.15 bits per heavy atom. The van der Waals surface area contributed by atoms with Gasteiger partial charge in [0, 0.05) is 19.0 Å². The highest BCUT2D eigenvalue weighted by Gasteiger charge is 2.29. The van der Waals surface area contributed by atoms with Gasteiger partial charge in [0.05, 0.1) is 0 Å². The minimum atomic E-state index is 0.291. The number of nitrogens with zero attached hydrogens (tertiary/aromatic N) is 1. The molecule has 0 aromatic rings. The molecule has 2 fully saturated rings. The number of nitrogens with one attached hydrogen (secondary N) is 1. The molecule has 116 valence electrons. The molecule has 1 aliphatic carbocycles. The van der Waals surface area contributed by atoms with Gasteiger partial charge in [0.15, 0.2) is 0 Å². The standard InChI is InChI=1S/C17H32N2O/c1-3-16(12-14-6-4-5-7-14)17(20)19-10-8-15(9-11-19)13-18-2/h14-16,18H,3-13H2,1-2H3. The van der Waals surface area contributed by atoms with E-state index in [0.717, 1.165) is 44.3 Å². The molecule has 0 aromatic heterocycles. The molecule has 1 heterocycles. The first-order valence-electron chi connectivity index (χ1n) is 8.68. The Bertz CT molecular complexity index is 291. The molecule has 1 aliphatic heterocycles. The van der Waals surface area contributed by atoms with Crippen LogP contribution in [0.2, 0.25) is 0 Å². The molecule has 1 N–H and O–H groups in total. The Kier molecular flexibility index (Phi) is 6.34. The molecule has 1 saturated heterocycles. The lowest BCUT2D eigenvalue weighted by Gasteiger charge is -2.34. The highest BCUT2D eigenvalue weighted by atomic mass is 16.2. The number of hydrogen-bond donors (Lipinski definition) is 1. The lowest BCUT2D eigenvalue weighted by molar-refractivity contribution is -0.137. The topological polar surface area (TPSA) is 32.3 Å². The van der Waals surface area contributed by atoms with E-state index in [9.17, 15) is 4.79 Å². The summed E-state index contributed by atoms with van der Waals surface area (Å²) in [4.78, 5) is 14.8. The predicted octanol–water partition coefficient (Wildman–Crippen LogP) is 3.05. The fourth-order valence-electron chi connectivity index (χ4n) is 3.99. The van der Waals surface area contributed by atoms with E-state index in [1.54, 1.807) is 0 Å². The summed E-state index contributed by atoms with van der Waals surface area (Å²) in [7, 11) is 2.02. The summed E-state index contributed by atoms with van der Waals surface area (Å²) < 4.78 is 0. The molecule has 3 nitrogen and oxygen atoms in total. The maximum Gasteiger partial charge on any atom is 0.225 e. The SMILES string of the molecule is CCC(CC1CCCC1)C(=O)N1CCC(CNC)CC1. The summed E-state index contributed by atoms with van der Waals surface area (Å²) in [6.07, 6.45) is 9.98. The first-order chi connectivity index (χ1) is 9.74. The normalized spacial score (nSPS) is 23.2. The maximum atomic E-state index is 12.7. The van der Waals surface area contributed by atoms with Crippen molar-refractivity contribution in [2.75, 3.05) is 26.7 Å². The summed E-state index contributed by atoms with van der Waals surface area (Å²) in [5.41, 5.74) is 0. The molecule has 3 heteroatoms. The molecule has 1 amide bonds. The van der Waals surface area contributed by atoms with Gasteiger partial charge in [-0.15, -0.1) is 0 Å². The zero-order chi connectivity index (χ0) is 14.4. The van der Waals surface area contributed by atoms with Crippen LogP contribution in [0.4, 0.5) is 0 Å². The fourth-order valence-corrected chi connectivity index (χ4v) is 3.99. The number of rotatable bonds is 6. The summed E-state index contributed by atoms with van der Waals surface area (Å²) in [5, 5.41) is 3.26. The fraction of sp³-hybridized carbons (Fsp3) is 0.941. The molecular weight excluding hydrogens is 248 g/mol. The van der Waals surface area contributed by atoms with Gasteiger partial charge in [0.25, 0.3) is 0 Å². The van der Waals surface area contributed by atoms with E-state index < -0.39 is 0 Å². The van der Waals surface area contributed by atoms with Crippen LogP contribution in [0, 0.1) is 17.8 Å². The van der Waals surface area contributed by atoms with Gasteiger partial charge < -0.3 is 10.2 Å². The zero-order valence-corrected chi connectivity index (χ0v) is 13.4. The number of carbonyl (C=O) groups excluding carboxylic acids is 1. The van der Waals surface area contributed by atoms with Gasteiger partial charge >= 0.3 is 0 Å². The van der Waals surface area contributed by atoms with Crippen molar-refractivity contribution in [1.82, 2.24) is 10.2 Å². The second-order valence-electron chi connectivity index (χ2n) is 6.82. The Hall–Kier alpha value is -0.570. The van der Waals surface area contributed by atoms with Crippen molar-refractivity contribution in [3.63, 3.8) is 0 Å². The first-order valence-corrected chi connectivity index (χ1v) is 8.68. The lowest BCUT2D eigenvalue weighted by Crippen LogP contribution is -2.43. The van der Waals surface area contributed by atoms with Crippen LogP contribution in [0.3, 0.4) is 0 Å². The van der Waals surface area contributed by atoms with Gasteiger partial charge in [-0.1, -0.05) is 32.6 Å². The first kappa shape index (κ1) is 15.8. The Balaban J connectivity index is 1.79. The quantitative estimate of drug-likeness (QED) is 0.811. The van der Waals surface area contributed by atoms with Crippen molar-refractivity contribution < 1.29 is 4.79 Å². The van der Waals surface area contributed by atoms with Crippen molar-refractivity contribution in [3.05, 3.63) is 0 Å². The molecule has 0 spiro atoms. The third-order valence-electron chi connectivity index (χ3n) is 5.35. The van der Waals surface area contributed by atoms with Crippen LogP contribution in [-0.4, -0.2) is 37.5 Å². The third-order valence-corrected chi connectivity index (χ3v) is 5.35. The van der Waals surface area contributed by atoms with E-state index >= 15 is 0 Å². The minimum Gasteiger partial charge on any atom is -0.342 e. The average Bonchev–Trinajstić information content (AvgIpc) is 2.98. The van der Waals surface area contributed by atoms with E-state index in [1.807, 2.05) is 7.05 Å². The van der Waals surface area contributed by atoms with E-state index in [-0.39, 0.29) is 0 Å². The van der Waals surface area contributed by atoms with Gasteiger partial charge in [-0.3, -0.25) is 4.79 Å². The van der Waals surface area contributed by atoms with Gasteiger partial charge in [0.2, 0.25) is 5.91 Å². The van der Waals surface area contributed by atoms with Crippen molar-refractivity contribution in [3.8, 4) is 0 Å². The van der Waals surface area contributed by atoms with E-state index in [2.05, 4.69) is 17.1 Å². The predicted molar refractivity (Wildman–Crippen MR) is 83.6 cm³/mol. The molecule has 20 heavy (non-hydrogen) atoms. The summed E-state index contributed by atoms with van der Waals surface area (Å²) in [6, 6.07) is 0. The molecule has 1 unspecified atom stereocenters. The smallest absolute Gasteiger partial charge is 0.225 e. The van der Waals surface area contributed by atoms with Gasteiger partial charge in [0.1, 0.15) is 0 Å². The summed E-state index contributed by atoms with van der Waals surface area (Å²) >= 11 is 0. The highest BCUT2D eigenvalue weighted by molar-refractivity contribution is 5.78. The van der Waals surface area contributed by atoms with Crippen LogP contribution in [0.15, 0.2) is 0 Å². The Morgan fingerprint density at radius 3 is 2.35 bits per heavy atom. The van der Waals surface area contributed by atoms with Crippen LogP contribution in [-0.2, 0) is 4.79 Å². The van der Waals surface area contributed by atoms with Crippen LogP contribution >= 0.6 is 0 Å². The van der Waals surface area contributed by atoms with E-state index in [0.29, 0.717) is 11.8 Å². The molecule has 0 radical (unpaired) electrons. The highest BCUT2D eigenvalue weighted by Crippen LogP contribution is 2.32. The van der Waals surface area contributed by atoms with Crippen molar-refractivity contribution in [1.29, 1.82) is 0 Å². The number of amides is 1. The van der Waals surface area contributed by atoms with E-state index in [1.165, 1.54) is 38.5 Å². The molecule has 1 atom stereocenters. The number of hydrogen-bond acceptors (Lipinski definition) is 2. The average molecular weight is 280 g/mol. The Morgan fingerprint density at radius 2 is 1.80 bits per heavy atom. The minimum absolute atomic E-state index is 0.291. The molecule has 0 aromatic carbocycles. The number of likely N-dealkylation sites (tertiary alicyclic amines) is 1. The van der Waals surface area contributed by atoms with Crippen LogP contribution in [0.1, 0.15) is 58.3 Å². The largest absolute Gasteiger partial charge is 0.342 e. The number of piperidine rings is 1. The number of carbonyl (C=O) groups is 1.